The molecule has 2 saturated carbocycles. The van der Waals surface area contributed by atoms with E-state index in [1.165, 1.54) is 12.8 Å². The van der Waals surface area contributed by atoms with Crippen LogP contribution in [-0.4, -0.2) is 6.54 Å². The average Bonchev–Trinajstić information content (AvgIpc) is 2.61. The maximum Gasteiger partial charge on any atom is -0.00407 e. The standard InChI is InChI=1S/C13H21N/c1-13(2)11(7-14)12(13)10-6-8-3-4-9(10)5-8/h3-4,8-12H,5-7,14H2,1-2H3. The third kappa shape index (κ3) is 0.995. The van der Waals surface area contributed by atoms with Crippen LogP contribution in [0.4, 0.5) is 0 Å². The van der Waals surface area contributed by atoms with Gasteiger partial charge >= 0.3 is 0 Å². The Morgan fingerprint density at radius 3 is 2.50 bits per heavy atom. The molecule has 0 aromatic heterocycles. The molecule has 5 atom stereocenters. The summed E-state index contributed by atoms with van der Waals surface area (Å²) < 4.78 is 0. The summed E-state index contributed by atoms with van der Waals surface area (Å²) in [7, 11) is 0. The van der Waals surface area contributed by atoms with Crippen LogP contribution in [0, 0.1) is 35.0 Å². The van der Waals surface area contributed by atoms with E-state index in [1.807, 2.05) is 0 Å². The fourth-order valence-corrected chi connectivity index (χ4v) is 4.32. The minimum Gasteiger partial charge on any atom is -0.330 e. The van der Waals surface area contributed by atoms with Crippen molar-refractivity contribution in [2.24, 2.45) is 40.7 Å². The van der Waals surface area contributed by atoms with E-state index in [1.54, 1.807) is 0 Å². The Labute approximate surface area is 86.8 Å². The first-order valence-corrected chi connectivity index (χ1v) is 6.03. The Balaban J connectivity index is 1.77. The Kier molecular flexibility index (Phi) is 1.69. The molecule has 2 N–H and O–H groups in total. The molecule has 0 spiro atoms. The van der Waals surface area contributed by atoms with Gasteiger partial charge < -0.3 is 5.73 Å². The summed E-state index contributed by atoms with van der Waals surface area (Å²) in [5, 5.41) is 0. The summed E-state index contributed by atoms with van der Waals surface area (Å²) in [6.45, 7) is 5.71. The zero-order chi connectivity index (χ0) is 9.92. The molecule has 1 nitrogen and oxygen atoms in total. The number of allylic oxidation sites excluding steroid dienone is 2. The highest BCUT2D eigenvalue weighted by Crippen LogP contribution is 2.66. The molecule has 0 radical (unpaired) electrons. The minimum atomic E-state index is 0.539. The van der Waals surface area contributed by atoms with Gasteiger partial charge in [-0.3, -0.25) is 0 Å². The van der Waals surface area contributed by atoms with Crippen LogP contribution in [0.3, 0.4) is 0 Å². The summed E-state index contributed by atoms with van der Waals surface area (Å²) >= 11 is 0. The molecule has 0 amide bonds. The summed E-state index contributed by atoms with van der Waals surface area (Å²) in [4.78, 5) is 0. The van der Waals surface area contributed by atoms with Crippen LogP contribution >= 0.6 is 0 Å². The van der Waals surface area contributed by atoms with Crippen LogP contribution in [0.25, 0.3) is 0 Å². The quantitative estimate of drug-likeness (QED) is 0.667. The van der Waals surface area contributed by atoms with Gasteiger partial charge in [0.15, 0.2) is 0 Å². The molecule has 0 saturated heterocycles. The molecule has 3 aliphatic rings. The third-order valence-electron chi connectivity index (χ3n) is 5.18. The van der Waals surface area contributed by atoms with Gasteiger partial charge in [0.05, 0.1) is 0 Å². The lowest BCUT2D eigenvalue weighted by Crippen LogP contribution is -2.13. The Hall–Kier alpha value is -0.300. The summed E-state index contributed by atoms with van der Waals surface area (Å²) in [6.07, 6.45) is 7.80. The smallest absolute Gasteiger partial charge is 0.00407 e. The summed E-state index contributed by atoms with van der Waals surface area (Å²) in [6, 6.07) is 0. The normalized spacial score (nSPS) is 52.6. The first-order chi connectivity index (χ1) is 6.64. The Morgan fingerprint density at radius 2 is 2.07 bits per heavy atom. The van der Waals surface area contributed by atoms with E-state index >= 15 is 0 Å². The van der Waals surface area contributed by atoms with Gasteiger partial charge in [-0.25, -0.2) is 0 Å². The highest BCUT2D eigenvalue weighted by Gasteiger charge is 2.62. The van der Waals surface area contributed by atoms with E-state index in [0.717, 1.165) is 36.1 Å². The van der Waals surface area contributed by atoms with Crippen molar-refractivity contribution >= 4 is 0 Å². The second kappa shape index (κ2) is 2.63. The average molecular weight is 191 g/mol. The second-order valence-electron chi connectivity index (χ2n) is 6.13. The van der Waals surface area contributed by atoms with E-state index in [-0.39, 0.29) is 0 Å². The van der Waals surface area contributed by atoms with Gasteiger partial charge in [-0.1, -0.05) is 26.0 Å². The zero-order valence-corrected chi connectivity index (χ0v) is 9.24. The largest absolute Gasteiger partial charge is 0.330 e. The SMILES string of the molecule is CC1(C)C(CN)C1C1CC2C=CC1C2. The van der Waals surface area contributed by atoms with Crippen molar-refractivity contribution < 1.29 is 0 Å². The Bertz CT molecular complexity index is 279. The van der Waals surface area contributed by atoms with Gasteiger partial charge in [0.1, 0.15) is 0 Å². The number of hydrogen-bond donors (Lipinski definition) is 1. The molecule has 0 heterocycles. The van der Waals surface area contributed by atoms with Crippen LogP contribution in [-0.2, 0) is 0 Å². The molecule has 3 aliphatic carbocycles. The number of rotatable bonds is 2. The van der Waals surface area contributed by atoms with Gasteiger partial charge in [-0.15, -0.1) is 0 Å². The van der Waals surface area contributed by atoms with E-state index < -0.39 is 0 Å². The molecule has 14 heavy (non-hydrogen) atoms. The fraction of sp³-hybridized carbons (Fsp3) is 0.846. The third-order valence-corrected chi connectivity index (χ3v) is 5.18. The first kappa shape index (κ1) is 8.96. The maximum absolute atomic E-state index is 5.85. The molecule has 0 aromatic carbocycles. The predicted molar refractivity (Wildman–Crippen MR) is 58.7 cm³/mol. The van der Waals surface area contributed by atoms with E-state index in [9.17, 15) is 0 Å². The second-order valence-corrected chi connectivity index (χ2v) is 6.13. The Morgan fingerprint density at radius 1 is 1.29 bits per heavy atom. The first-order valence-electron chi connectivity index (χ1n) is 6.03. The lowest BCUT2D eigenvalue weighted by molar-refractivity contribution is 0.340. The van der Waals surface area contributed by atoms with E-state index in [0.29, 0.717) is 5.41 Å². The summed E-state index contributed by atoms with van der Waals surface area (Å²) in [5.74, 6) is 4.52. The minimum absolute atomic E-state index is 0.539. The fourth-order valence-electron chi connectivity index (χ4n) is 4.32. The van der Waals surface area contributed by atoms with Crippen LogP contribution < -0.4 is 5.73 Å². The van der Waals surface area contributed by atoms with Crippen molar-refractivity contribution in [1.82, 2.24) is 0 Å². The highest BCUT2D eigenvalue weighted by atomic mass is 14.7. The van der Waals surface area contributed by atoms with Crippen molar-refractivity contribution in [3.8, 4) is 0 Å². The summed E-state index contributed by atoms with van der Waals surface area (Å²) in [5.41, 5.74) is 6.39. The lowest BCUT2D eigenvalue weighted by atomic mass is 9.86. The van der Waals surface area contributed by atoms with E-state index in [2.05, 4.69) is 26.0 Å². The van der Waals surface area contributed by atoms with Crippen LogP contribution in [0.15, 0.2) is 12.2 Å². The molecule has 3 rings (SSSR count). The number of fused-ring (bicyclic) bond motifs is 2. The van der Waals surface area contributed by atoms with Crippen molar-refractivity contribution in [2.75, 3.05) is 6.54 Å². The molecule has 0 aliphatic heterocycles. The number of nitrogens with two attached hydrogens (primary N) is 1. The molecule has 2 bridgehead atoms. The van der Waals surface area contributed by atoms with Gasteiger partial charge in [0.25, 0.3) is 0 Å². The number of hydrogen-bond acceptors (Lipinski definition) is 1. The van der Waals surface area contributed by atoms with Gasteiger partial charge in [-0.2, -0.15) is 0 Å². The van der Waals surface area contributed by atoms with Gasteiger partial charge in [-0.05, 0) is 54.4 Å². The zero-order valence-electron chi connectivity index (χ0n) is 9.24. The molecule has 78 valence electrons. The topological polar surface area (TPSA) is 26.0 Å². The van der Waals surface area contributed by atoms with E-state index in [4.69, 9.17) is 5.73 Å². The molecule has 1 heteroatoms. The highest BCUT2D eigenvalue weighted by molar-refractivity contribution is 5.18. The van der Waals surface area contributed by atoms with Gasteiger partial charge in [0, 0.05) is 0 Å². The molecule has 0 aromatic rings. The van der Waals surface area contributed by atoms with Gasteiger partial charge in [0.2, 0.25) is 0 Å². The van der Waals surface area contributed by atoms with Crippen molar-refractivity contribution in [3.05, 3.63) is 12.2 Å². The maximum atomic E-state index is 5.85. The molecule has 5 unspecified atom stereocenters. The van der Waals surface area contributed by atoms with Crippen LogP contribution in [0.2, 0.25) is 0 Å². The molecule has 2 fully saturated rings. The molecular formula is C13H21N. The van der Waals surface area contributed by atoms with Crippen LogP contribution in [0.1, 0.15) is 26.7 Å². The van der Waals surface area contributed by atoms with Crippen molar-refractivity contribution in [1.29, 1.82) is 0 Å². The lowest BCUT2D eigenvalue weighted by Gasteiger charge is -2.19. The van der Waals surface area contributed by atoms with Crippen molar-refractivity contribution in [3.63, 3.8) is 0 Å². The van der Waals surface area contributed by atoms with Crippen molar-refractivity contribution in [2.45, 2.75) is 26.7 Å². The van der Waals surface area contributed by atoms with Crippen LogP contribution in [0.5, 0.6) is 0 Å². The molecular weight excluding hydrogens is 170 g/mol. The predicted octanol–water partition coefficient (Wildman–Crippen LogP) is 2.43. The monoisotopic (exact) mass is 191 g/mol.